The van der Waals surface area contributed by atoms with Gasteiger partial charge in [-0.05, 0) is 18.2 Å². The van der Waals surface area contributed by atoms with Gasteiger partial charge in [0.2, 0.25) is 0 Å². The number of aromatic hydroxyl groups is 1. The van der Waals surface area contributed by atoms with Crippen molar-refractivity contribution in [1.29, 1.82) is 0 Å². The molecule has 0 spiro atoms. The number of H-pyrrole nitrogens is 1. The summed E-state index contributed by atoms with van der Waals surface area (Å²) in [5, 5.41) is 27.9. The van der Waals surface area contributed by atoms with E-state index in [0.717, 1.165) is 12.1 Å². The van der Waals surface area contributed by atoms with Gasteiger partial charge < -0.3 is 20.8 Å². The highest BCUT2D eigenvalue weighted by Crippen LogP contribution is 2.18. The van der Waals surface area contributed by atoms with Gasteiger partial charge in [0.1, 0.15) is 0 Å². The lowest BCUT2D eigenvalue weighted by Crippen LogP contribution is -2.06. The van der Waals surface area contributed by atoms with Gasteiger partial charge in [0.25, 0.3) is 10.1 Å². The summed E-state index contributed by atoms with van der Waals surface area (Å²) in [4.78, 5) is 12.4. The van der Waals surface area contributed by atoms with Gasteiger partial charge in [-0.2, -0.15) is 13.4 Å². The molecule has 1 aromatic heterocycles. The zero-order chi connectivity index (χ0) is 16.0. The van der Waals surface area contributed by atoms with Crippen LogP contribution in [0.15, 0.2) is 47.5 Å². The van der Waals surface area contributed by atoms with Crippen LogP contribution in [0.5, 0.6) is 11.6 Å². The molecule has 1 aromatic carbocycles. The molecule has 0 radical (unpaired) electrons. The molecule has 0 fully saturated rings. The number of carboxylic acid groups (broad SMARTS) is 1. The molecule has 6 N–H and O–H groups in total. The van der Waals surface area contributed by atoms with Crippen molar-refractivity contribution in [1.82, 2.24) is 0 Å². The summed E-state index contributed by atoms with van der Waals surface area (Å²) in [6.45, 7) is 0. The molecule has 0 unspecified atom stereocenters. The molecule has 10 heteroatoms. The molecule has 0 aliphatic heterocycles. The Bertz CT molecular complexity index is 730. The van der Waals surface area contributed by atoms with Crippen molar-refractivity contribution in [3.05, 3.63) is 48.2 Å². The Morgan fingerprint density at radius 3 is 2.18 bits per heavy atom. The number of rotatable bonds is 2. The predicted molar refractivity (Wildman–Crippen MR) is 70.9 cm³/mol. The summed E-state index contributed by atoms with van der Waals surface area (Å²) < 4.78 is 29.7. The van der Waals surface area contributed by atoms with E-state index in [2.05, 4.69) is 4.98 Å². The Morgan fingerprint density at radius 2 is 1.82 bits per heavy atom. The SMILES string of the molecule is O.O=C(O)c1cc(S(=O)(=O)O)ccc1[O-].Oc1cccc[nH+]1. The minimum absolute atomic E-state index is 0. The number of benzene rings is 1. The molecular weight excluding hydrogens is 318 g/mol. The van der Waals surface area contributed by atoms with E-state index >= 15 is 0 Å². The average molecular weight is 331 g/mol. The maximum Gasteiger partial charge on any atom is 0.363 e. The van der Waals surface area contributed by atoms with Crippen LogP contribution in [-0.2, 0) is 10.1 Å². The number of nitrogens with one attached hydrogen (secondary N) is 1. The Labute approximate surface area is 125 Å². The topological polar surface area (TPSA) is 181 Å². The lowest BCUT2D eigenvalue weighted by atomic mass is 10.2. The predicted octanol–water partition coefficient (Wildman–Crippen LogP) is -0.913. The highest BCUT2D eigenvalue weighted by molar-refractivity contribution is 7.85. The van der Waals surface area contributed by atoms with Crippen molar-refractivity contribution in [3.63, 3.8) is 0 Å². The third-order valence-corrected chi connectivity index (χ3v) is 3.02. The number of carboxylic acids is 1. The number of aromatic carboxylic acids is 1. The van der Waals surface area contributed by atoms with E-state index in [1.165, 1.54) is 0 Å². The number of hydrogen-bond donors (Lipinski definition) is 3. The van der Waals surface area contributed by atoms with Gasteiger partial charge in [0.05, 0.1) is 16.5 Å². The average Bonchev–Trinajstić information content (AvgIpc) is 2.39. The fraction of sp³-hybridized carbons (Fsp3) is 0. The van der Waals surface area contributed by atoms with Gasteiger partial charge in [0.15, 0.2) is 6.20 Å². The van der Waals surface area contributed by atoms with Crippen molar-refractivity contribution < 1.29 is 43.5 Å². The number of aromatic nitrogens is 1. The lowest BCUT2D eigenvalue weighted by molar-refractivity contribution is -0.394. The summed E-state index contributed by atoms with van der Waals surface area (Å²) in [6, 6.07) is 7.36. The molecule has 0 saturated heterocycles. The van der Waals surface area contributed by atoms with Crippen LogP contribution < -0.4 is 10.1 Å². The Kier molecular flexibility index (Phi) is 6.96. The van der Waals surface area contributed by atoms with Gasteiger partial charge >= 0.3 is 11.8 Å². The second-order valence-corrected chi connectivity index (χ2v) is 5.11. The number of pyridine rings is 1. The Morgan fingerprint density at radius 1 is 1.18 bits per heavy atom. The minimum Gasteiger partial charge on any atom is -0.872 e. The normalized spacial score (nSPS) is 9.86. The maximum atomic E-state index is 10.9. The maximum absolute atomic E-state index is 10.9. The molecule has 9 nitrogen and oxygen atoms in total. The Hall–Kier alpha value is -2.69. The number of carbonyl (C=O) groups is 1. The van der Waals surface area contributed by atoms with E-state index in [4.69, 9.17) is 14.8 Å². The van der Waals surface area contributed by atoms with Crippen molar-refractivity contribution in [2.24, 2.45) is 0 Å². The molecule has 22 heavy (non-hydrogen) atoms. The minimum atomic E-state index is -4.48. The van der Waals surface area contributed by atoms with Crippen LogP contribution >= 0.6 is 0 Å². The van der Waals surface area contributed by atoms with Crippen LogP contribution in [0.25, 0.3) is 0 Å². The van der Waals surface area contributed by atoms with E-state index in [-0.39, 0.29) is 11.4 Å². The molecule has 120 valence electrons. The van der Waals surface area contributed by atoms with Crippen molar-refractivity contribution >= 4 is 16.1 Å². The van der Waals surface area contributed by atoms with Crippen LogP contribution in [0.3, 0.4) is 0 Å². The van der Waals surface area contributed by atoms with Crippen LogP contribution in [0.2, 0.25) is 0 Å². The number of aromatic amines is 1. The largest absolute Gasteiger partial charge is 0.872 e. The molecule has 2 rings (SSSR count). The summed E-state index contributed by atoms with van der Waals surface area (Å²) in [5.74, 6) is -2.16. The molecule has 0 amide bonds. The molecule has 0 bridgehead atoms. The van der Waals surface area contributed by atoms with E-state index in [9.17, 15) is 18.3 Å². The van der Waals surface area contributed by atoms with E-state index in [1.807, 2.05) is 0 Å². The van der Waals surface area contributed by atoms with Crippen LogP contribution in [0, 0.1) is 0 Å². The number of hydrogen-bond acceptors (Lipinski definition) is 5. The zero-order valence-corrected chi connectivity index (χ0v) is 11.7. The molecular formula is C12H13NO8S. The van der Waals surface area contributed by atoms with E-state index in [0.29, 0.717) is 6.07 Å². The van der Waals surface area contributed by atoms with Crippen molar-refractivity contribution in [2.75, 3.05) is 0 Å². The smallest absolute Gasteiger partial charge is 0.363 e. The fourth-order valence-electron chi connectivity index (χ4n) is 1.22. The van der Waals surface area contributed by atoms with Gasteiger partial charge in [-0.1, -0.05) is 11.8 Å². The monoisotopic (exact) mass is 331 g/mol. The van der Waals surface area contributed by atoms with Crippen molar-refractivity contribution in [3.8, 4) is 11.6 Å². The van der Waals surface area contributed by atoms with Gasteiger partial charge in [-0.25, -0.2) is 4.79 Å². The molecule has 1 heterocycles. The first-order valence-electron chi connectivity index (χ1n) is 5.39. The third-order valence-electron chi connectivity index (χ3n) is 2.17. The highest BCUT2D eigenvalue weighted by Gasteiger charge is 2.12. The lowest BCUT2D eigenvalue weighted by Gasteiger charge is -2.09. The standard InChI is InChI=1S/C7H6O6S.C5H5NO.H2O/c8-6-2-1-4(14(11,12)13)3-5(6)7(9)10;7-5-3-1-2-4-6-5;/h1-3,8H,(H,9,10)(H,11,12,13);1-4H,(H,6,7);1H2. The molecule has 0 aliphatic carbocycles. The Balaban J connectivity index is 0.000000465. The summed E-state index contributed by atoms with van der Waals surface area (Å²) in [5.41, 5.74) is -0.694. The van der Waals surface area contributed by atoms with E-state index in [1.54, 1.807) is 24.4 Å². The summed E-state index contributed by atoms with van der Waals surface area (Å²) in [7, 11) is -4.48. The second-order valence-electron chi connectivity index (χ2n) is 3.69. The fourth-order valence-corrected chi connectivity index (χ4v) is 1.73. The van der Waals surface area contributed by atoms with Crippen molar-refractivity contribution in [2.45, 2.75) is 4.90 Å². The molecule has 0 aliphatic rings. The van der Waals surface area contributed by atoms with E-state index < -0.39 is 32.3 Å². The summed E-state index contributed by atoms with van der Waals surface area (Å²) in [6.07, 6.45) is 1.66. The third kappa shape index (κ3) is 5.75. The molecule has 2 aromatic rings. The first-order chi connectivity index (χ1) is 9.71. The van der Waals surface area contributed by atoms with Gasteiger partial charge in [0, 0.05) is 6.07 Å². The second kappa shape index (κ2) is 7.93. The first-order valence-corrected chi connectivity index (χ1v) is 6.83. The molecule has 0 atom stereocenters. The molecule has 0 saturated carbocycles. The van der Waals surface area contributed by atoms with Crippen LogP contribution in [-0.4, -0.2) is 34.6 Å². The van der Waals surface area contributed by atoms with Gasteiger partial charge in [-0.15, -0.1) is 0 Å². The highest BCUT2D eigenvalue weighted by atomic mass is 32.2. The first kappa shape index (κ1) is 19.3. The summed E-state index contributed by atoms with van der Waals surface area (Å²) >= 11 is 0. The van der Waals surface area contributed by atoms with Crippen LogP contribution in [0.4, 0.5) is 0 Å². The zero-order valence-electron chi connectivity index (χ0n) is 10.9. The van der Waals surface area contributed by atoms with Gasteiger partial charge in [-0.3, -0.25) is 4.55 Å². The van der Waals surface area contributed by atoms with Crippen LogP contribution in [0.1, 0.15) is 10.4 Å². The quantitative estimate of drug-likeness (QED) is 0.595.